The number of H-pyrrole nitrogens is 1. The fourth-order valence-corrected chi connectivity index (χ4v) is 15.0. The summed E-state index contributed by atoms with van der Waals surface area (Å²) in [7, 11) is -4.64. The van der Waals surface area contributed by atoms with Crippen LogP contribution in [0.4, 0.5) is 28.4 Å². The molecule has 2 saturated carbocycles. The minimum atomic E-state index is -4.64. The number of ether oxygens (including phenoxy) is 3. The molecule has 81 heavy (non-hydrogen) atoms. The molecule has 428 valence electrons. The van der Waals surface area contributed by atoms with Gasteiger partial charge in [-0.3, -0.25) is 19.8 Å². The van der Waals surface area contributed by atoms with Crippen LogP contribution in [0.1, 0.15) is 137 Å². The van der Waals surface area contributed by atoms with Crippen LogP contribution >= 0.6 is 0 Å². The van der Waals surface area contributed by atoms with E-state index in [2.05, 4.69) is 106 Å². The second-order valence-electron chi connectivity index (χ2n) is 25.0. The highest BCUT2D eigenvalue weighted by Gasteiger charge is 2.52. The number of pyridine rings is 1. The summed E-state index contributed by atoms with van der Waals surface area (Å²) < 4.78 is 50.2. The molecular weight excluding hydrogens is 1040 g/mol. The lowest BCUT2D eigenvalue weighted by Gasteiger charge is -2.59. The summed E-state index contributed by atoms with van der Waals surface area (Å²) in [5, 5.41) is 26.9. The minimum absolute atomic E-state index is 0.111. The number of aromatic nitrogens is 2. The predicted octanol–water partition coefficient (Wildman–Crippen LogP) is 11.5. The van der Waals surface area contributed by atoms with Crippen LogP contribution in [0.25, 0.3) is 11.0 Å². The van der Waals surface area contributed by atoms with E-state index < -0.39 is 43.1 Å². The van der Waals surface area contributed by atoms with Gasteiger partial charge in [0.05, 0.1) is 39.3 Å². The number of piperidine rings is 2. The fourth-order valence-electron chi connectivity index (χ4n) is 14.1. The van der Waals surface area contributed by atoms with Crippen LogP contribution < -0.4 is 29.3 Å². The van der Waals surface area contributed by atoms with Crippen LogP contribution in [-0.4, -0.2) is 108 Å². The first-order chi connectivity index (χ1) is 38.8. The van der Waals surface area contributed by atoms with Gasteiger partial charge in [0, 0.05) is 74.6 Å². The Bertz CT molecular complexity index is 3430. The molecule has 6 aliphatic rings. The molecule has 6 aromatic rings. The number of aryl methyl sites for hydroxylation is 1. The number of nitro groups is 1. The van der Waals surface area contributed by atoms with E-state index in [9.17, 15) is 28.4 Å². The average Bonchev–Trinajstić information content (AvgIpc) is 4.05. The third-order valence-corrected chi connectivity index (χ3v) is 20.2. The van der Waals surface area contributed by atoms with Gasteiger partial charge in [-0.2, -0.15) is 4.98 Å². The number of likely N-dealkylation sites (tertiary alicyclic amines) is 1. The maximum absolute atomic E-state index is 14.8. The van der Waals surface area contributed by atoms with Gasteiger partial charge in [0.2, 0.25) is 5.88 Å². The Morgan fingerprint density at radius 3 is 2.43 bits per heavy atom. The van der Waals surface area contributed by atoms with Crippen molar-refractivity contribution in [2.24, 2.45) is 11.3 Å². The molecule has 4 aliphatic heterocycles. The summed E-state index contributed by atoms with van der Waals surface area (Å²) in [6.45, 7) is 14.6. The van der Waals surface area contributed by atoms with E-state index in [0.29, 0.717) is 73.9 Å². The van der Waals surface area contributed by atoms with Gasteiger partial charge in [-0.1, -0.05) is 55.8 Å². The van der Waals surface area contributed by atoms with Crippen molar-refractivity contribution in [1.82, 2.24) is 19.6 Å². The molecule has 6 heterocycles. The molecule has 0 bridgehead atoms. The summed E-state index contributed by atoms with van der Waals surface area (Å²) in [4.78, 5) is 41.6. The lowest BCUT2D eigenvalue weighted by molar-refractivity contribution is -0.384. The molecule has 4 N–H and O–H groups in total. The van der Waals surface area contributed by atoms with E-state index >= 15 is 0 Å². The Kier molecular flexibility index (Phi) is 14.6. The molecule has 4 aromatic carbocycles. The first-order valence-electron chi connectivity index (χ1n) is 29.2. The molecule has 0 unspecified atom stereocenters. The SMILES string of the molecule is Cc1ccc(O[C@@]2(C)CCN(C3CC4(CCN(c5ccc(C(=O)NS(=O)(=O)c6ccc(NC[C@H]7CC[C@](C)(O)CC7)c([N+](=O)[O-])c6)c(N6c7cc8cc[nH]c8nc7O[C@H]7COCC[C@@H]76)c5)CC4)C3)[C@H](c3ccccc3C(C)C)C2)cc1. The number of aliphatic hydroxyl groups is 1. The molecule has 3 saturated heterocycles. The van der Waals surface area contributed by atoms with Crippen molar-refractivity contribution < 1.29 is 37.5 Å². The molecule has 12 rings (SSSR count). The number of amides is 1. The zero-order valence-corrected chi connectivity index (χ0v) is 48.0. The quantitative estimate of drug-likeness (QED) is 0.0592. The average molecular weight is 1120 g/mol. The number of fused-ring (bicyclic) bond motifs is 3. The molecule has 2 aromatic heterocycles. The van der Waals surface area contributed by atoms with Crippen LogP contribution in [0, 0.1) is 28.4 Å². The number of nitrogens with zero attached hydrogens (tertiary/aromatic N) is 5. The van der Waals surface area contributed by atoms with Gasteiger partial charge < -0.3 is 39.4 Å². The van der Waals surface area contributed by atoms with E-state index in [4.69, 9.17) is 19.2 Å². The molecule has 1 spiro atoms. The van der Waals surface area contributed by atoms with Gasteiger partial charge in [0.15, 0.2) is 0 Å². The third kappa shape index (κ3) is 11.1. The number of carbonyl (C=O) groups excluding carboxylic acids is 1. The summed E-state index contributed by atoms with van der Waals surface area (Å²) >= 11 is 0. The van der Waals surface area contributed by atoms with Crippen molar-refractivity contribution in [3.63, 3.8) is 0 Å². The van der Waals surface area contributed by atoms with Gasteiger partial charge in [-0.15, -0.1) is 0 Å². The van der Waals surface area contributed by atoms with E-state index in [0.717, 1.165) is 93.9 Å². The number of sulfonamides is 1. The largest absolute Gasteiger partial charge is 0.487 e. The number of carbonyl (C=O) groups is 1. The Morgan fingerprint density at radius 1 is 0.914 bits per heavy atom. The lowest BCUT2D eigenvalue weighted by atomic mass is 9.59. The second kappa shape index (κ2) is 21.5. The molecule has 18 heteroatoms. The number of nitrogens with one attached hydrogen (secondary N) is 3. The van der Waals surface area contributed by atoms with Crippen LogP contribution in [0.2, 0.25) is 0 Å². The first-order valence-corrected chi connectivity index (χ1v) is 30.6. The van der Waals surface area contributed by atoms with Crippen molar-refractivity contribution in [1.29, 1.82) is 0 Å². The standard InChI is InChI=1S/C63H76N8O9S/c1-40(2)48-8-6-7-9-49(48)56-37-62(5,80-46-13-10-41(3)11-14-46)24-30-69(56)45-35-63(36-45)25-28-68(29-26-63)44-12-16-50(53(33-44)70-52-21-31-78-39-57(52)79-60-55(70)32-43-20-27-64-58(43)66-60)59(72)67-81(76,77)47-15-17-51(54(34-47)71(74)75)65-38-42-18-22-61(4,73)23-19-42/h6-17,20,27,32-34,40,42,45,52,56-57,65,73H,18-19,21-26,28-31,35-39H2,1-5H3,(H,64,66)(H,67,72)/t42-,52-,56-,57-,61-,62-/m0/s1. The number of hydrogen-bond acceptors (Lipinski definition) is 14. The van der Waals surface area contributed by atoms with Crippen LogP contribution in [0.3, 0.4) is 0 Å². The van der Waals surface area contributed by atoms with Crippen molar-refractivity contribution in [3.05, 3.63) is 136 Å². The Balaban J connectivity index is 0.805. The van der Waals surface area contributed by atoms with Crippen molar-refractivity contribution in [3.8, 4) is 11.6 Å². The third-order valence-electron chi connectivity index (χ3n) is 18.8. The Labute approximate surface area is 475 Å². The summed E-state index contributed by atoms with van der Waals surface area (Å²) in [5.74, 6) is 0.984. The molecule has 17 nitrogen and oxygen atoms in total. The highest BCUT2D eigenvalue weighted by molar-refractivity contribution is 7.90. The highest BCUT2D eigenvalue weighted by Crippen LogP contribution is 2.55. The van der Waals surface area contributed by atoms with Gasteiger partial charge in [-0.05, 0) is 168 Å². The molecule has 0 radical (unpaired) electrons. The fraction of sp³-hybridized carbons (Fsp3) is 0.492. The van der Waals surface area contributed by atoms with Crippen molar-refractivity contribution in [2.45, 2.75) is 151 Å². The van der Waals surface area contributed by atoms with Crippen LogP contribution in [0.15, 0.2) is 108 Å². The number of rotatable bonds is 14. The smallest absolute Gasteiger partial charge is 0.293 e. The maximum atomic E-state index is 14.8. The van der Waals surface area contributed by atoms with E-state index in [1.54, 1.807) is 6.07 Å². The maximum Gasteiger partial charge on any atom is 0.293 e. The normalized spacial score (nSPS) is 25.9. The Morgan fingerprint density at radius 2 is 1.68 bits per heavy atom. The number of benzene rings is 4. The molecule has 2 aliphatic carbocycles. The van der Waals surface area contributed by atoms with Gasteiger partial charge >= 0.3 is 0 Å². The number of hydrogen-bond donors (Lipinski definition) is 4. The Hall–Kier alpha value is -6.73. The molecular formula is C63H76N8O9S. The van der Waals surface area contributed by atoms with Crippen molar-refractivity contribution >= 4 is 55.4 Å². The van der Waals surface area contributed by atoms with Gasteiger partial charge in [0.25, 0.3) is 21.6 Å². The second-order valence-corrected chi connectivity index (χ2v) is 26.7. The monoisotopic (exact) mass is 1120 g/mol. The topological polar surface area (TPSA) is 205 Å². The van der Waals surface area contributed by atoms with E-state index in [-0.39, 0.29) is 40.3 Å². The summed E-state index contributed by atoms with van der Waals surface area (Å²) in [6, 6.07) is 31.0. The lowest BCUT2D eigenvalue weighted by Crippen LogP contribution is -2.59. The number of anilines is 4. The summed E-state index contributed by atoms with van der Waals surface area (Å²) in [5.41, 5.74) is 5.74. The summed E-state index contributed by atoms with van der Waals surface area (Å²) in [6.07, 6.45) is 10.8. The zero-order valence-electron chi connectivity index (χ0n) is 47.2. The first kappa shape index (κ1) is 54.8. The predicted molar refractivity (Wildman–Crippen MR) is 313 cm³/mol. The van der Waals surface area contributed by atoms with E-state index in [1.165, 1.54) is 28.8 Å². The van der Waals surface area contributed by atoms with Crippen molar-refractivity contribution in [2.75, 3.05) is 54.5 Å². The number of aromatic amines is 1. The van der Waals surface area contributed by atoms with E-state index in [1.807, 2.05) is 37.4 Å². The van der Waals surface area contributed by atoms with Crippen LogP contribution in [0.5, 0.6) is 11.6 Å². The molecule has 5 fully saturated rings. The van der Waals surface area contributed by atoms with Crippen LogP contribution in [-0.2, 0) is 14.8 Å². The highest BCUT2D eigenvalue weighted by atomic mass is 32.2. The molecule has 1 amide bonds. The van der Waals surface area contributed by atoms with Gasteiger partial charge in [0.1, 0.15) is 34.5 Å². The minimum Gasteiger partial charge on any atom is -0.487 e. The number of nitro benzene ring substituents is 1. The molecule has 4 atom stereocenters. The van der Waals surface area contributed by atoms with Gasteiger partial charge in [-0.25, -0.2) is 13.1 Å². The zero-order chi connectivity index (χ0) is 56.4.